The monoisotopic (exact) mass is 285 g/mol. The van der Waals surface area contributed by atoms with Crippen LogP contribution in [-0.4, -0.2) is 20.1 Å². The van der Waals surface area contributed by atoms with Gasteiger partial charge in [0.1, 0.15) is 5.75 Å². The highest BCUT2D eigenvalue weighted by molar-refractivity contribution is 6.04. The standard InChI is InChI=1S/C17H19NO3/c1-12-5-4-6-15(9-12)18-17(19)13-7-8-16(21-3)14(10-13)11-20-2/h4-10H,11H2,1-3H3,(H,18,19). The van der Waals surface area contributed by atoms with Crippen molar-refractivity contribution >= 4 is 11.6 Å². The van der Waals surface area contributed by atoms with Crippen LogP contribution in [0.1, 0.15) is 21.5 Å². The summed E-state index contributed by atoms with van der Waals surface area (Å²) in [5, 5.41) is 2.89. The predicted octanol–water partition coefficient (Wildman–Crippen LogP) is 3.40. The van der Waals surface area contributed by atoms with E-state index in [1.165, 1.54) is 0 Å². The maximum absolute atomic E-state index is 12.3. The first-order valence-corrected chi connectivity index (χ1v) is 6.68. The molecule has 0 radical (unpaired) electrons. The van der Waals surface area contributed by atoms with Crippen LogP contribution in [0.5, 0.6) is 5.75 Å². The molecule has 0 aliphatic heterocycles. The van der Waals surface area contributed by atoms with Crippen molar-refractivity contribution in [2.45, 2.75) is 13.5 Å². The zero-order valence-electron chi connectivity index (χ0n) is 12.5. The van der Waals surface area contributed by atoms with Crippen LogP contribution in [0, 0.1) is 6.92 Å². The molecule has 0 bridgehead atoms. The van der Waals surface area contributed by atoms with Gasteiger partial charge in [0.25, 0.3) is 5.91 Å². The molecule has 0 spiro atoms. The minimum atomic E-state index is -0.152. The lowest BCUT2D eigenvalue weighted by Crippen LogP contribution is -2.12. The van der Waals surface area contributed by atoms with Crippen molar-refractivity contribution < 1.29 is 14.3 Å². The average molecular weight is 285 g/mol. The van der Waals surface area contributed by atoms with E-state index in [0.29, 0.717) is 17.9 Å². The Morgan fingerprint density at radius 2 is 1.95 bits per heavy atom. The van der Waals surface area contributed by atoms with Gasteiger partial charge in [-0.25, -0.2) is 0 Å². The molecule has 0 saturated carbocycles. The fourth-order valence-corrected chi connectivity index (χ4v) is 2.11. The molecule has 21 heavy (non-hydrogen) atoms. The molecule has 1 amide bonds. The number of nitrogens with one attached hydrogen (secondary N) is 1. The third kappa shape index (κ3) is 3.83. The second-order valence-electron chi connectivity index (χ2n) is 4.78. The Balaban J connectivity index is 2.21. The second kappa shape index (κ2) is 6.90. The van der Waals surface area contributed by atoms with Crippen LogP contribution in [0.4, 0.5) is 5.69 Å². The van der Waals surface area contributed by atoms with Gasteiger partial charge in [0.05, 0.1) is 13.7 Å². The van der Waals surface area contributed by atoms with Gasteiger partial charge in [-0.3, -0.25) is 4.79 Å². The van der Waals surface area contributed by atoms with Crippen LogP contribution in [0.15, 0.2) is 42.5 Å². The number of hydrogen-bond acceptors (Lipinski definition) is 3. The van der Waals surface area contributed by atoms with Crippen molar-refractivity contribution in [3.63, 3.8) is 0 Å². The fraction of sp³-hybridized carbons (Fsp3) is 0.235. The summed E-state index contributed by atoms with van der Waals surface area (Å²) < 4.78 is 10.4. The summed E-state index contributed by atoms with van der Waals surface area (Å²) in [6.45, 7) is 2.38. The van der Waals surface area contributed by atoms with Gasteiger partial charge < -0.3 is 14.8 Å². The first kappa shape index (κ1) is 15.1. The molecule has 0 aromatic heterocycles. The van der Waals surface area contributed by atoms with Crippen molar-refractivity contribution in [1.82, 2.24) is 0 Å². The first-order valence-electron chi connectivity index (χ1n) is 6.68. The zero-order valence-corrected chi connectivity index (χ0v) is 12.5. The predicted molar refractivity (Wildman–Crippen MR) is 82.8 cm³/mol. The van der Waals surface area contributed by atoms with E-state index in [1.807, 2.05) is 31.2 Å². The van der Waals surface area contributed by atoms with Gasteiger partial charge in [-0.2, -0.15) is 0 Å². The fourth-order valence-electron chi connectivity index (χ4n) is 2.11. The van der Waals surface area contributed by atoms with E-state index in [9.17, 15) is 4.79 Å². The highest BCUT2D eigenvalue weighted by Crippen LogP contribution is 2.21. The zero-order chi connectivity index (χ0) is 15.2. The number of anilines is 1. The molecule has 1 N–H and O–H groups in total. The van der Waals surface area contributed by atoms with Gasteiger partial charge >= 0.3 is 0 Å². The molecular weight excluding hydrogens is 266 g/mol. The van der Waals surface area contributed by atoms with E-state index >= 15 is 0 Å². The van der Waals surface area contributed by atoms with Crippen molar-refractivity contribution in [2.24, 2.45) is 0 Å². The number of benzene rings is 2. The maximum atomic E-state index is 12.3. The molecule has 0 fully saturated rings. The molecule has 4 nitrogen and oxygen atoms in total. The first-order chi connectivity index (χ1) is 10.1. The van der Waals surface area contributed by atoms with Crippen molar-refractivity contribution in [3.05, 3.63) is 59.2 Å². The van der Waals surface area contributed by atoms with Gasteiger partial charge in [-0.05, 0) is 42.8 Å². The lowest BCUT2D eigenvalue weighted by atomic mass is 10.1. The molecule has 2 aromatic rings. The number of methoxy groups -OCH3 is 2. The van der Waals surface area contributed by atoms with E-state index in [2.05, 4.69) is 5.32 Å². The SMILES string of the molecule is COCc1cc(C(=O)Nc2cccc(C)c2)ccc1OC. The highest BCUT2D eigenvalue weighted by Gasteiger charge is 2.10. The van der Waals surface area contributed by atoms with Crippen molar-refractivity contribution in [2.75, 3.05) is 19.5 Å². The van der Waals surface area contributed by atoms with E-state index in [1.54, 1.807) is 32.4 Å². The van der Waals surface area contributed by atoms with Crippen LogP contribution in [0.25, 0.3) is 0 Å². The van der Waals surface area contributed by atoms with Crippen molar-refractivity contribution in [3.8, 4) is 5.75 Å². The van der Waals surface area contributed by atoms with Gasteiger partial charge in [0, 0.05) is 23.9 Å². The number of hydrogen-bond donors (Lipinski definition) is 1. The van der Waals surface area contributed by atoms with Gasteiger partial charge in [0.2, 0.25) is 0 Å². The molecule has 0 atom stereocenters. The minimum absolute atomic E-state index is 0.152. The number of ether oxygens (including phenoxy) is 2. The van der Waals surface area contributed by atoms with Crippen LogP contribution in [-0.2, 0) is 11.3 Å². The summed E-state index contributed by atoms with van der Waals surface area (Å²) in [6, 6.07) is 13.0. The summed E-state index contributed by atoms with van der Waals surface area (Å²) in [4.78, 5) is 12.3. The lowest BCUT2D eigenvalue weighted by molar-refractivity contribution is 0.102. The molecule has 0 aliphatic carbocycles. The average Bonchev–Trinajstić information content (AvgIpc) is 2.47. The third-order valence-electron chi connectivity index (χ3n) is 3.12. The summed E-state index contributed by atoms with van der Waals surface area (Å²) in [6.07, 6.45) is 0. The van der Waals surface area contributed by atoms with Crippen LogP contribution in [0.3, 0.4) is 0 Å². The number of amides is 1. The molecule has 0 aliphatic rings. The van der Waals surface area contributed by atoms with E-state index < -0.39 is 0 Å². The van der Waals surface area contributed by atoms with Gasteiger partial charge in [-0.15, -0.1) is 0 Å². The molecule has 0 saturated heterocycles. The normalized spacial score (nSPS) is 10.2. The Morgan fingerprint density at radius 3 is 2.62 bits per heavy atom. The topological polar surface area (TPSA) is 47.6 Å². The molecule has 0 heterocycles. The van der Waals surface area contributed by atoms with E-state index in [-0.39, 0.29) is 5.91 Å². The lowest BCUT2D eigenvalue weighted by Gasteiger charge is -2.11. The number of rotatable bonds is 5. The largest absolute Gasteiger partial charge is 0.496 e. The molecule has 0 unspecified atom stereocenters. The number of carbonyl (C=O) groups is 1. The highest BCUT2D eigenvalue weighted by atomic mass is 16.5. The van der Waals surface area contributed by atoms with Crippen LogP contribution < -0.4 is 10.1 Å². The Hall–Kier alpha value is -2.33. The number of carbonyl (C=O) groups excluding carboxylic acids is 1. The second-order valence-corrected chi connectivity index (χ2v) is 4.78. The maximum Gasteiger partial charge on any atom is 0.255 e. The Bertz CT molecular complexity index is 638. The molecule has 110 valence electrons. The smallest absolute Gasteiger partial charge is 0.255 e. The Kier molecular flexibility index (Phi) is 4.95. The third-order valence-corrected chi connectivity index (χ3v) is 3.12. The van der Waals surface area contributed by atoms with Crippen LogP contribution >= 0.6 is 0 Å². The van der Waals surface area contributed by atoms with Gasteiger partial charge in [-0.1, -0.05) is 12.1 Å². The molecule has 2 aromatic carbocycles. The van der Waals surface area contributed by atoms with Crippen LogP contribution in [0.2, 0.25) is 0 Å². The molecule has 2 rings (SSSR count). The van der Waals surface area contributed by atoms with E-state index in [4.69, 9.17) is 9.47 Å². The van der Waals surface area contributed by atoms with Crippen molar-refractivity contribution in [1.29, 1.82) is 0 Å². The summed E-state index contributed by atoms with van der Waals surface area (Å²) in [7, 11) is 3.21. The number of aryl methyl sites for hydroxylation is 1. The summed E-state index contributed by atoms with van der Waals surface area (Å²) in [5.41, 5.74) is 3.30. The summed E-state index contributed by atoms with van der Waals surface area (Å²) in [5.74, 6) is 0.560. The Labute approximate surface area is 124 Å². The molecular formula is C17H19NO3. The quantitative estimate of drug-likeness (QED) is 0.916. The summed E-state index contributed by atoms with van der Waals surface area (Å²) >= 11 is 0. The van der Waals surface area contributed by atoms with E-state index in [0.717, 1.165) is 16.8 Å². The minimum Gasteiger partial charge on any atom is -0.496 e. The van der Waals surface area contributed by atoms with Gasteiger partial charge in [0.15, 0.2) is 0 Å². The molecule has 4 heteroatoms. The Morgan fingerprint density at radius 1 is 1.14 bits per heavy atom.